The summed E-state index contributed by atoms with van der Waals surface area (Å²) in [4.78, 5) is 34.3. The summed E-state index contributed by atoms with van der Waals surface area (Å²) in [7, 11) is 1.28. The van der Waals surface area contributed by atoms with Crippen LogP contribution in [0.5, 0.6) is 0 Å². The number of rotatable bonds is 9. The van der Waals surface area contributed by atoms with Crippen LogP contribution >= 0.6 is 0 Å². The van der Waals surface area contributed by atoms with Crippen LogP contribution in [0.25, 0.3) is 11.1 Å². The van der Waals surface area contributed by atoms with E-state index >= 15 is 0 Å². The Labute approximate surface area is 282 Å². The van der Waals surface area contributed by atoms with Gasteiger partial charge in [0.2, 0.25) is 5.91 Å². The average Bonchev–Trinajstić information content (AvgIpc) is 3.56. The molecule has 3 heterocycles. The third kappa shape index (κ3) is 7.39. The van der Waals surface area contributed by atoms with Crippen molar-refractivity contribution >= 4 is 34.9 Å². The Kier molecular flexibility index (Phi) is 10.1. The fourth-order valence-corrected chi connectivity index (χ4v) is 6.64. The van der Waals surface area contributed by atoms with Crippen molar-refractivity contribution in [2.75, 3.05) is 54.3 Å². The summed E-state index contributed by atoms with van der Waals surface area (Å²) >= 11 is 0. The minimum absolute atomic E-state index is 0.113. The van der Waals surface area contributed by atoms with E-state index in [9.17, 15) is 9.59 Å². The fraction of sp³-hybridized carbons (Fsp3) is 0.342. The molecular formula is C38H44N6O4. The normalized spacial score (nSPS) is 18.4. The van der Waals surface area contributed by atoms with E-state index in [1.54, 1.807) is 0 Å². The van der Waals surface area contributed by atoms with Gasteiger partial charge in [-0.25, -0.2) is 9.78 Å². The molecule has 1 aromatic heterocycles. The van der Waals surface area contributed by atoms with E-state index in [-0.39, 0.29) is 23.9 Å². The van der Waals surface area contributed by atoms with Crippen molar-refractivity contribution in [2.45, 2.75) is 44.8 Å². The molecule has 0 aliphatic carbocycles. The molecule has 0 spiro atoms. The Hall–Kier alpha value is -5.09. The van der Waals surface area contributed by atoms with E-state index in [0.29, 0.717) is 5.69 Å². The fourth-order valence-electron chi connectivity index (χ4n) is 6.64. The Morgan fingerprint density at radius 2 is 1.46 bits per heavy atom. The molecular weight excluding hydrogens is 604 g/mol. The number of hydrogen-bond acceptors (Lipinski definition) is 8. The molecule has 2 amide bonds. The molecule has 10 heteroatoms. The molecule has 0 saturated carbocycles. The van der Waals surface area contributed by atoms with E-state index in [2.05, 4.69) is 81.1 Å². The van der Waals surface area contributed by atoms with Crippen LogP contribution in [0, 0.1) is 5.92 Å². The first-order valence-corrected chi connectivity index (χ1v) is 16.6. The lowest BCUT2D eigenvalue weighted by Gasteiger charge is -2.33. The number of methoxy groups -OCH3 is 1. The minimum atomic E-state index is -0.718. The first-order valence-electron chi connectivity index (χ1n) is 16.6. The monoisotopic (exact) mass is 648 g/mol. The van der Waals surface area contributed by atoms with Crippen molar-refractivity contribution in [3.63, 3.8) is 0 Å². The number of amides is 2. The predicted octanol–water partition coefficient (Wildman–Crippen LogP) is 6.57. The van der Waals surface area contributed by atoms with Gasteiger partial charge in [-0.05, 0) is 84.0 Å². The van der Waals surface area contributed by atoms with Crippen molar-refractivity contribution in [1.29, 1.82) is 0 Å². The molecule has 3 aromatic carbocycles. The lowest BCUT2D eigenvalue weighted by molar-refractivity contribution is -0.119. The largest absolute Gasteiger partial charge is 0.453 e. The van der Waals surface area contributed by atoms with Crippen molar-refractivity contribution in [3.8, 4) is 11.1 Å². The number of nitrogens with one attached hydrogen (secondary N) is 2. The third-order valence-electron chi connectivity index (χ3n) is 9.26. The number of carbonyl (C=O) groups is 2. The van der Waals surface area contributed by atoms with Gasteiger partial charge in [0, 0.05) is 41.9 Å². The Bertz CT molecular complexity index is 1670. The summed E-state index contributed by atoms with van der Waals surface area (Å²) in [6.07, 6.45) is 3.26. The van der Waals surface area contributed by atoms with Gasteiger partial charge >= 0.3 is 6.09 Å². The zero-order chi connectivity index (χ0) is 33.6. The second kappa shape index (κ2) is 14.8. The summed E-state index contributed by atoms with van der Waals surface area (Å²) in [6.45, 7) is 6.93. The van der Waals surface area contributed by atoms with Crippen molar-refractivity contribution in [3.05, 3.63) is 102 Å². The van der Waals surface area contributed by atoms with Gasteiger partial charge in [0.15, 0.2) is 0 Å². The van der Waals surface area contributed by atoms with Crippen molar-refractivity contribution in [2.24, 2.45) is 5.92 Å². The van der Waals surface area contributed by atoms with Crippen LogP contribution in [0.3, 0.4) is 0 Å². The highest BCUT2D eigenvalue weighted by Gasteiger charge is 2.35. The van der Waals surface area contributed by atoms with Gasteiger partial charge in [-0.2, -0.15) is 0 Å². The summed E-state index contributed by atoms with van der Waals surface area (Å²) in [6, 6.07) is 28.7. The van der Waals surface area contributed by atoms with E-state index < -0.39 is 12.1 Å². The summed E-state index contributed by atoms with van der Waals surface area (Å²) in [5.74, 6) is 0.575. The number of nitrogens with two attached hydrogens (primary N) is 1. The number of ether oxygens (including phenoxy) is 2. The summed E-state index contributed by atoms with van der Waals surface area (Å²) in [5.41, 5.74) is 13.2. The van der Waals surface area contributed by atoms with Gasteiger partial charge in [0.25, 0.3) is 0 Å². The molecule has 0 bridgehead atoms. The number of hydrogen-bond donors (Lipinski definition) is 3. The van der Waals surface area contributed by atoms with Crippen molar-refractivity contribution < 1.29 is 19.1 Å². The molecule has 48 heavy (non-hydrogen) atoms. The smallest absolute Gasteiger partial charge is 0.407 e. The number of pyridine rings is 1. The Morgan fingerprint density at radius 3 is 2.02 bits per heavy atom. The number of carbonyl (C=O) groups excluding carboxylic acids is 2. The number of benzene rings is 3. The van der Waals surface area contributed by atoms with Gasteiger partial charge in [0.1, 0.15) is 11.9 Å². The highest BCUT2D eigenvalue weighted by Crippen LogP contribution is 2.47. The average molecular weight is 649 g/mol. The molecule has 10 nitrogen and oxygen atoms in total. The molecule has 6 rings (SSSR count). The van der Waals surface area contributed by atoms with Gasteiger partial charge in [-0.3, -0.25) is 4.79 Å². The molecule has 4 aromatic rings. The van der Waals surface area contributed by atoms with Crippen LogP contribution < -0.4 is 26.2 Å². The zero-order valence-electron chi connectivity index (χ0n) is 27.8. The number of aromatic nitrogens is 1. The van der Waals surface area contributed by atoms with Crippen LogP contribution in [0.4, 0.5) is 27.7 Å². The third-order valence-corrected chi connectivity index (χ3v) is 9.26. The SMILES string of the molecule is COC(=O)N[C@H](C(=O)Nc1ccc(C2CCC(c3ccc(N)cc3)N2c2ccc(-c3ccc(N4CCOCC4)nc3)cc2)cc1)C(C)C. The Morgan fingerprint density at radius 1 is 0.854 bits per heavy atom. The van der Waals surface area contributed by atoms with Gasteiger partial charge in [-0.15, -0.1) is 0 Å². The quantitative estimate of drug-likeness (QED) is 0.174. The standard InChI is InChI=1S/C38H44N6O4/c1-25(2)36(42-38(46)47-3)37(45)41-31-13-6-28(7-14-31)34-18-17-33(27-4-11-30(39)12-5-27)44(34)32-15-8-26(9-16-32)29-10-19-35(40-24-29)43-20-22-48-23-21-43/h4-16,19,24-25,33-34,36H,17-18,20-23,39H2,1-3H3,(H,41,45)(H,42,46)/t33?,34?,36-/m0/s1. The molecule has 2 aliphatic rings. The molecule has 3 atom stereocenters. The zero-order valence-corrected chi connectivity index (χ0v) is 27.8. The number of anilines is 4. The van der Waals surface area contributed by atoms with E-state index in [1.807, 2.05) is 44.3 Å². The Balaban J connectivity index is 1.22. The lowest BCUT2D eigenvalue weighted by atomic mass is 10.0. The molecule has 0 radical (unpaired) electrons. The number of nitrogens with zero attached hydrogens (tertiary/aromatic N) is 3. The van der Waals surface area contributed by atoms with Crippen LogP contribution in [-0.4, -0.2) is 56.4 Å². The molecule has 2 unspecified atom stereocenters. The number of nitrogen functional groups attached to an aromatic ring is 1. The van der Waals surface area contributed by atoms with Gasteiger partial charge in [-0.1, -0.05) is 50.2 Å². The van der Waals surface area contributed by atoms with Crippen LogP contribution in [0.15, 0.2) is 91.1 Å². The first kappa shape index (κ1) is 32.8. The number of alkyl carbamates (subject to hydrolysis) is 1. The maximum atomic E-state index is 13.0. The van der Waals surface area contributed by atoms with Crippen LogP contribution in [0.1, 0.15) is 49.9 Å². The summed E-state index contributed by atoms with van der Waals surface area (Å²) < 4.78 is 10.2. The predicted molar refractivity (Wildman–Crippen MR) is 190 cm³/mol. The topological polar surface area (TPSA) is 122 Å². The highest BCUT2D eigenvalue weighted by molar-refractivity contribution is 5.96. The summed E-state index contributed by atoms with van der Waals surface area (Å²) in [5, 5.41) is 5.57. The first-order chi connectivity index (χ1) is 23.3. The molecule has 250 valence electrons. The molecule has 2 saturated heterocycles. The van der Waals surface area contributed by atoms with Gasteiger partial charge in [0.05, 0.1) is 32.4 Å². The maximum absolute atomic E-state index is 13.0. The van der Waals surface area contributed by atoms with Gasteiger partial charge < -0.3 is 35.6 Å². The van der Waals surface area contributed by atoms with E-state index in [4.69, 9.17) is 20.2 Å². The molecule has 2 fully saturated rings. The molecule has 2 aliphatic heterocycles. The second-order valence-electron chi connectivity index (χ2n) is 12.7. The lowest BCUT2D eigenvalue weighted by Crippen LogP contribution is -2.47. The second-order valence-corrected chi connectivity index (χ2v) is 12.7. The van der Waals surface area contributed by atoms with Crippen molar-refractivity contribution in [1.82, 2.24) is 10.3 Å². The highest BCUT2D eigenvalue weighted by atomic mass is 16.5. The van der Waals surface area contributed by atoms with Crippen LogP contribution in [0.2, 0.25) is 0 Å². The number of morpholine rings is 1. The van der Waals surface area contributed by atoms with Crippen LogP contribution in [-0.2, 0) is 14.3 Å². The minimum Gasteiger partial charge on any atom is -0.453 e. The molecule has 4 N–H and O–H groups in total. The van der Waals surface area contributed by atoms with E-state index in [0.717, 1.165) is 73.0 Å². The van der Waals surface area contributed by atoms with E-state index in [1.165, 1.54) is 12.7 Å². The maximum Gasteiger partial charge on any atom is 0.407 e.